The largest absolute Gasteiger partial charge is 0.388 e. The van der Waals surface area contributed by atoms with E-state index in [9.17, 15) is 14.7 Å². The van der Waals surface area contributed by atoms with Crippen LogP contribution >= 0.6 is 11.6 Å². The summed E-state index contributed by atoms with van der Waals surface area (Å²) in [5.74, 6) is -1.64. The van der Waals surface area contributed by atoms with Gasteiger partial charge in [0.25, 0.3) is 0 Å². The van der Waals surface area contributed by atoms with Crippen LogP contribution in [0.5, 0.6) is 0 Å². The summed E-state index contributed by atoms with van der Waals surface area (Å²) in [6.45, 7) is 5.27. The number of hydrogen-bond acceptors (Lipinski definition) is 3. The number of amides is 2. The van der Waals surface area contributed by atoms with Crippen molar-refractivity contribution in [2.45, 2.75) is 26.4 Å². The molecule has 5 nitrogen and oxygen atoms in total. The first-order valence-corrected chi connectivity index (χ1v) is 6.67. The maximum absolute atomic E-state index is 11.7. The van der Waals surface area contributed by atoms with Gasteiger partial charge in [-0.05, 0) is 31.0 Å². The Kier molecular flexibility index (Phi) is 5.53. The minimum atomic E-state index is -1.06. The molecule has 1 rings (SSSR count). The van der Waals surface area contributed by atoms with E-state index in [4.69, 9.17) is 11.6 Å². The number of rotatable bonds is 4. The highest BCUT2D eigenvalue weighted by atomic mass is 35.5. The molecular weight excluding hydrogens is 280 g/mol. The van der Waals surface area contributed by atoms with Gasteiger partial charge in [0.1, 0.15) is 0 Å². The number of halogens is 1. The molecule has 0 spiro atoms. The zero-order valence-corrected chi connectivity index (χ0v) is 12.5. The van der Waals surface area contributed by atoms with Crippen LogP contribution in [0.3, 0.4) is 0 Å². The lowest BCUT2D eigenvalue weighted by atomic mass is 9.92. The molecule has 0 aliphatic heterocycles. The summed E-state index contributed by atoms with van der Waals surface area (Å²) in [7, 11) is 0. The van der Waals surface area contributed by atoms with Crippen molar-refractivity contribution in [2.24, 2.45) is 5.92 Å². The van der Waals surface area contributed by atoms with Gasteiger partial charge in [0.05, 0.1) is 5.60 Å². The fraction of sp³-hybridized carbons (Fsp3) is 0.429. The van der Waals surface area contributed by atoms with Gasteiger partial charge in [0.2, 0.25) is 0 Å². The second-order valence-electron chi connectivity index (χ2n) is 5.16. The highest BCUT2D eigenvalue weighted by Crippen LogP contribution is 2.15. The Labute approximate surface area is 123 Å². The average Bonchev–Trinajstić information content (AvgIpc) is 2.35. The SMILES string of the molecule is CC(C)C(C)(O)CNC(=O)C(=O)Nc1cccc(Cl)c1. The molecule has 1 atom stereocenters. The van der Waals surface area contributed by atoms with E-state index < -0.39 is 17.4 Å². The van der Waals surface area contributed by atoms with Crippen LogP contribution in [0.15, 0.2) is 24.3 Å². The Morgan fingerprint density at radius 1 is 1.35 bits per heavy atom. The maximum Gasteiger partial charge on any atom is 0.313 e. The zero-order valence-electron chi connectivity index (χ0n) is 11.7. The highest BCUT2D eigenvalue weighted by molar-refractivity contribution is 6.39. The molecule has 3 N–H and O–H groups in total. The van der Waals surface area contributed by atoms with Crippen molar-refractivity contribution in [3.63, 3.8) is 0 Å². The molecule has 6 heteroatoms. The maximum atomic E-state index is 11.7. The minimum absolute atomic E-state index is 0.00641. The van der Waals surface area contributed by atoms with E-state index >= 15 is 0 Å². The van der Waals surface area contributed by atoms with Gasteiger partial charge in [-0.25, -0.2) is 0 Å². The van der Waals surface area contributed by atoms with E-state index in [0.717, 1.165) is 0 Å². The van der Waals surface area contributed by atoms with Crippen molar-refractivity contribution >= 4 is 29.1 Å². The van der Waals surface area contributed by atoms with Crippen molar-refractivity contribution in [3.8, 4) is 0 Å². The number of anilines is 1. The van der Waals surface area contributed by atoms with Crippen LogP contribution in [-0.2, 0) is 9.59 Å². The lowest BCUT2D eigenvalue weighted by molar-refractivity contribution is -0.137. The van der Waals surface area contributed by atoms with Crippen LogP contribution in [0, 0.1) is 5.92 Å². The zero-order chi connectivity index (χ0) is 15.3. The molecule has 0 fully saturated rings. The van der Waals surface area contributed by atoms with Gasteiger partial charge in [-0.15, -0.1) is 0 Å². The van der Waals surface area contributed by atoms with Crippen molar-refractivity contribution in [1.29, 1.82) is 0 Å². The predicted octanol–water partition coefficient (Wildman–Crippen LogP) is 1.80. The molecule has 1 aromatic carbocycles. The molecule has 1 unspecified atom stereocenters. The van der Waals surface area contributed by atoms with Gasteiger partial charge in [-0.2, -0.15) is 0 Å². The summed E-state index contributed by atoms with van der Waals surface area (Å²) in [5, 5.41) is 15.3. The quantitative estimate of drug-likeness (QED) is 0.742. The Bertz CT molecular complexity index is 501. The summed E-state index contributed by atoms with van der Waals surface area (Å²) < 4.78 is 0. The highest BCUT2D eigenvalue weighted by Gasteiger charge is 2.26. The minimum Gasteiger partial charge on any atom is -0.388 e. The van der Waals surface area contributed by atoms with Gasteiger partial charge in [0, 0.05) is 17.3 Å². The molecule has 1 aromatic rings. The predicted molar refractivity (Wildman–Crippen MR) is 78.6 cm³/mol. The Hall–Kier alpha value is -1.59. The molecule has 0 heterocycles. The number of carbonyl (C=O) groups is 2. The monoisotopic (exact) mass is 298 g/mol. The van der Waals surface area contributed by atoms with Crippen LogP contribution in [0.2, 0.25) is 5.02 Å². The number of hydrogen-bond donors (Lipinski definition) is 3. The van der Waals surface area contributed by atoms with Gasteiger partial charge < -0.3 is 15.7 Å². The number of benzene rings is 1. The third-order valence-corrected chi connectivity index (χ3v) is 3.37. The van der Waals surface area contributed by atoms with Crippen LogP contribution in [0.4, 0.5) is 5.69 Å². The van der Waals surface area contributed by atoms with Crippen LogP contribution < -0.4 is 10.6 Å². The van der Waals surface area contributed by atoms with E-state index in [1.807, 2.05) is 13.8 Å². The third kappa shape index (κ3) is 4.83. The fourth-order valence-electron chi connectivity index (χ4n) is 1.30. The van der Waals surface area contributed by atoms with Crippen LogP contribution in [-0.4, -0.2) is 29.1 Å². The van der Waals surface area contributed by atoms with Crippen molar-refractivity contribution < 1.29 is 14.7 Å². The summed E-state index contributed by atoms with van der Waals surface area (Å²) in [4.78, 5) is 23.3. The standard InChI is InChI=1S/C14H19ClN2O3/c1-9(2)14(3,20)8-16-12(18)13(19)17-11-6-4-5-10(15)7-11/h4-7,9,20H,8H2,1-3H3,(H,16,18)(H,17,19). The molecular formula is C14H19ClN2O3. The van der Waals surface area contributed by atoms with Crippen LogP contribution in [0.25, 0.3) is 0 Å². The second kappa shape index (κ2) is 6.72. The first-order chi connectivity index (χ1) is 9.22. The summed E-state index contributed by atoms with van der Waals surface area (Å²) in [6, 6.07) is 6.49. The molecule has 0 aliphatic rings. The molecule has 0 aromatic heterocycles. The molecule has 0 bridgehead atoms. The Morgan fingerprint density at radius 2 is 2.00 bits per heavy atom. The molecule has 0 radical (unpaired) electrons. The van der Waals surface area contributed by atoms with Crippen molar-refractivity contribution in [3.05, 3.63) is 29.3 Å². The summed E-state index contributed by atoms with van der Waals surface area (Å²) in [6.07, 6.45) is 0. The number of nitrogens with one attached hydrogen (secondary N) is 2. The Balaban J connectivity index is 2.54. The van der Waals surface area contributed by atoms with E-state index in [1.165, 1.54) is 6.07 Å². The first-order valence-electron chi connectivity index (χ1n) is 6.29. The van der Waals surface area contributed by atoms with Crippen molar-refractivity contribution in [2.75, 3.05) is 11.9 Å². The van der Waals surface area contributed by atoms with E-state index in [1.54, 1.807) is 25.1 Å². The molecule has 0 saturated carbocycles. The number of carbonyl (C=O) groups excluding carboxylic acids is 2. The first kappa shape index (κ1) is 16.5. The number of aliphatic hydroxyl groups is 1. The van der Waals surface area contributed by atoms with E-state index in [0.29, 0.717) is 10.7 Å². The average molecular weight is 299 g/mol. The Morgan fingerprint density at radius 3 is 2.55 bits per heavy atom. The lowest BCUT2D eigenvalue weighted by Gasteiger charge is -2.27. The van der Waals surface area contributed by atoms with E-state index in [-0.39, 0.29) is 12.5 Å². The molecule has 0 saturated heterocycles. The molecule has 110 valence electrons. The topological polar surface area (TPSA) is 78.4 Å². The molecule has 0 aliphatic carbocycles. The third-order valence-electron chi connectivity index (χ3n) is 3.14. The molecule has 2 amide bonds. The van der Waals surface area contributed by atoms with Crippen molar-refractivity contribution in [1.82, 2.24) is 5.32 Å². The van der Waals surface area contributed by atoms with Gasteiger partial charge in [-0.3, -0.25) is 9.59 Å². The smallest absolute Gasteiger partial charge is 0.313 e. The lowest BCUT2D eigenvalue weighted by Crippen LogP contribution is -2.47. The fourth-order valence-corrected chi connectivity index (χ4v) is 1.49. The summed E-state index contributed by atoms with van der Waals surface area (Å²) in [5.41, 5.74) is -0.625. The van der Waals surface area contributed by atoms with Gasteiger partial charge in [-0.1, -0.05) is 31.5 Å². The van der Waals surface area contributed by atoms with Gasteiger partial charge in [0.15, 0.2) is 0 Å². The van der Waals surface area contributed by atoms with Crippen LogP contribution in [0.1, 0.15) is 20.8 Å². The van der Waals surface area contributed by atoms with Gasteiger partial charge >= 0.3 is 11.8 Å². The summed E-state index contributed by atoms with van der Waals surface area (Å²) >= 11 is 5.78. The normalized spacial score (nSPS) is 13.7. The second-order valence-corrected chi connectivity index (χ2v) is 5.60. The van der Waals surface area contributed by atoms with E-state index in [2.05, 4.69) is 10.6 Å². The molecule has 20 heavy (non-hydrogen) atoms.